The van der Waals surface area contributed by atoms with Crippen molar-refractivity contribution in [1.82, 2.24) is 0 Å². The summed E-state index contributed by atoms with van der Waals surface area (Å²) in [7, 11) is 0. The fourth-order valence-electron chi connectivity index (χ4n) is 2.49. The van der Waals surface area contributed by atoms with E-state index in [1.54, 1.807) is 30.3 Å². The van der Waals surface area contributed by atoms with Crippen LogP contribution in [0.4, 0.5) is 21.5 Å². The molecule has 3 nitrogen and oxygen atoms in total. The van der Waals surface area contributed by atoms with Crippen LogP contribution in [0.1, 0.15) is 5.56 Å². The number of amides is 1. The minimum absolute atomic E-state index is 0.113. The lowest BCUT2D eigenvalue weighted by Crippen LogP contribution is -2.15. The molecule has 0 radical (unpaired) electrons. The molecule has 0 bridgehead atoms. The number of benzene rings is 3. The first kappa shape index (κ1) is 18.2. The monoisotopic (exact) mass is 388 g/mol. The van der Waals surface area contributed by atoms with Gasteiger partial charge >= 0.3 is 0 Å². The zero-order valence-electron chi connectivity index (χ0n) is 13.6. The second-order valence-corrected chi connectivity index (χ2v) is 6.43. The lowest BCUT2D eigenvalue weighted by Gasteiger charge is -2.14. The van der Waals surface area contributed by atoms with Crippen LogP contribution < -0.4 is 10.6 Å². The summed E-state index contributed by atoms with van der Waals surface area (Å²) < 4.78 is 13.2. The number of carbonyl (C=O) groups is 1. The summed E-state index contributed by atoms with van der Waals surface area (Å²) in [5.74, 6) is -0.659. The molecule has 26 heavy (non-hydrogen) atoms. The molecule has 0 saturated heterocycles. The highest BCUT2D eigenvalue weighted by atomic mass is 35.5. The Labute approximate surface area is 160 Å². The van der Waals surface area contributed by atoms with E-state index in [-0.39, 0.29) is 12.3 Å². The van der Waals surface area contributed by atoms with Crippen LogP contribution in [-0.2, 0) is 11.2 Å². The Morgan fingerprint density at radius 3 is 2.35 bits per heavy atom. The summed E-state index contributed by atoms with van der Waals surface area (Å²) >= 11 is 12.4. The van der Waals surface area contributed by atoms with Gasteiger partial charge in [-0.15, -0.1) is 0 Å². The zero-order chi connectivity index (χ0) is 18.5. The number of hydrogen-bond donors (Lipinski definition) is 2. The van der Waals surface area contributed by atoms with E-state index < -0.39 is 5.82 Å². The average Bonchev–Trinajstić information content (AvgIpc) is 2.59. The van der Waals surface area contributed by atoms with Crippen LogP contribution in [0.3, 0.4) is 0 Å². The molecule has 0 fully saturated rings. The molecule has 2 N–H and O–H groups in total. The Hall–Kier alpha value is -2.56. The molecule has 0 aliphatic heterocycles. The van der Waals surface area contributed by atoms with E-state index in [1.807, 2.05) is 24.3 Å². The molecule has 0 heterocycles. The Morgan fingerprint density at radius 1 is 0.923 bits per heavy atom. The lowest BCUT2D eigenvalue weighted by atomic mass is 10.1. The predicted octanol–water partition coefficient (Wildman–Crippen LogP) is 6.06. The van der Waals surface area contributed by atoms with Gasteiger partial charge in [0, 0.05) is 11.4 Å². The minimum Gasteiger partial charge on any atom is -0.353 e. The summed E-state index contributed by atoms with van der Waals surface area (Å²) in [5.41, 5.74) is 2.47. The predicted molar refractivity (Wildman–Crippen MR) is 105 cm³/mol. The largest absolute Gasteiger partial charge is 0.353 e. The Kier molecular flexibility index (Phi) is 5.76. The Balaban J connectivity index is 1.78. The van der Waals surface area contributed by atoms with E-state index >= 15 is 0 Å². The van der Waals surface area contributed by atoms with Crippen LogP contribution in [0.5, 0.6) is 0 Å². The fourth-order valence-corrected chi connectivity index (χ4v) is 2.98. The molecule has 0 saturated carbocycles. The maximum atomic E-state index is 13.2. The van der Waals surface area contributed by atoms with Crippen LogP contribution in [0, 0.1) is 5.82 Å². The summed E-state index contributed by atoms with van der Waals surface area (Å²) in [6.07, 6.45) is 0.113. The summed E-state index contributed by atoms with van der Waals surface area (Å²) in [4.78, 5) is 12.3. The van der Waals surface area contributed by atoms with Gasteiger partial charge in [0.25, 0.3) is 0 Å². The topological polar surface area (TPSA) is 41.1 Å². The lowest BCUT2D eigenvalue weighted by molar-refractivity contribution is -0.115. The van der Waals surface area contributed by atoms with Gasteiger partial charge in [0.2, 0.25) is 5.91 Å². The quantitative estimate of drug-likeness (QED) is 0.557. The molecule has 0 aliphatic rings. The summed E-state index contributed by atoms with van der Waals surface area (Å²) in [6.45, 7) is 0. The van der Waals surface area contributed by atoms with E-state index in [0.717, 1.165) is 11.3 Å². The van der Waals surface area contributed by atoms with Gasteiger partial charge in [-0.3, -0.25) is 4.79 Å². The van der Waals surface area contributed by atoms with Gasteiger partial charge in [-0.05, 0) is 42.0 Å². The third kappa shape index (κ3) is 4.54. The summed E-state index contributed by atoms with van der Waals surface area (Å²) in [6, 6.07) is 18.3. The molecule has 3 aromatic carbocycles. The Morgan fingerprint density at radius 2 is 1.62 bits per heavy atom. The molecule has 0 spiro atoms. The van der Waals surface area contributed by atoms with Crippen molar-refractivity contribution >= 4 is 46.2 Å². The SMILES string of the molecule is O=C(Cc1ccccc1Nc1c(Cl)cccc1Cl)Nc1cccc(F)c1. The molecule has 1 amide bonds. The number of carbonyl (C=O) groups excluding carboxylic acids is 1. The number of hydrogen-bond acceptors (Lipinski definition) is 2. The molecular formula is C20H15Cl2FN2O. The number of para-hydroxylation sites is 2. The van der Waals surface area contributed by atoms with Crippen molar-refractivity contribution in [1.29, 1.82) is 0 Å². The van der Waals surface area contributed by atoms with E-state index in [0.29, 0.717) is 21.4 Å². The zero-order valence-corrected chi connectivity index (χ0v) is 15.1. The third-order valence-electron chi connectivity index (χ3n) is 3.70. The van der Waals surface area contributed by atoms with E-state index in [4.69, 9.17) is 23.2 Å². The van der Waals surface area contributed by atoms with Crippen LogP contribution >= 0.6 is 23.2 Å². The highest BCUT2D eigenvalue weighted by Gasteiger charge is 2.11. The van der Waals surface area contributed by atoms with Crippen LogP contribution in [-0.4, -0.2) is 5.91 Å². The Bertz CT molecular complexity index is 926. The highest BCUT2D eigenvalue weighted by molar-refractivity contribution is 6.39. The van der Waals surface area contributed by atoms with Crippen molar-refractivity contribution in [2.45, 2.75) is 6.42 Å². The van der Waals surface area contributed by atoms with E-state index in [2.05, 4.69) is 10.6 Å². The normalized spacial score (nSPS) is 10.4. The average molecular weight is 389 g/mol. The fraction of sp³-hybridized carbons (Fsp3) is 0.0500. The molecule has 0 unspecified atom stereocenters. The van der Waals surface area contributed by atoms with E-state index in [9.17, 15) is 9.18 Å². The first-order chi connectivity index (χ1) is 12.5. The first-order valence-corrected chi connectivity index (χ1v) is 8.63. The number of nitrogens with one attached hydrogen (secondary N) is 2. The summed E-state index contributed by atoms with van der Waals surface area (Å²) in [5, 5.41) is 6.84. The molecule has 3 aromatic rings. The van der Waals surface area contributed by atoms with Crippen molar-refractivity contribution in [2.75, 3.05) is 10.6 Å². The van der Waals surface area contributed by atoms with Crippen molar-refractivity contribution in [2.24, 2.45) is 0 Å². The number of rotatable bonds is 5. The molecule has 0 aliphatic carbocycles. The number of halogens is 3. The number of anilines is 3. The standard InChI is InChI=1S/C20H15Cl2FN2O/c21-16-8-4-9-17(22)20(16)25-18-10-2-1-5-13(18)11-19(26)24-15-7-3-6-14(23)12-15/h1-10,12,25H,11H2,(H,24,26). The molecule has 3 rings (SSSR count). The second kappa shape index (κ2) is 8.21. The molecular weight excluding hydrogens is 374 g/mol. The molecule has 132 valence electrons. The van der Waals surface area contributed by atoms with Gasteiger partial charge in [0.05, 0.1) is 22.2 Å². The van der Waals surface area contributed by atoms with Crippen LogP contribution in [0.25, 0.3) is 0 Å². The van der Waals surface area contributed by atoms with Gasteiger partial charge in [-0.2, -0.15) is 0 Å². The highest BCUT2D eigenvalue weighted by Crippen LogP contribution is 2.33. The smallest absolute Gasteiger partial charge is 0.228 e. The van der Waals surface area contributed by atoms with Gasteiger partial charge in [-0.25, -0.2) is 4.39 Å². The van der Waals surface area contributed by atoms with Crippen LogP contribution in [0.2, 0.25) is 10.0 Å². The van der Waals surface area contributed by atoms with Crippen molar-refractivity contribution < 1.29 is 9.18 Å². The molecule has 0 atom stereocenters. The minimum atomic E-state index is -0.404. The molecule has 6 heteroatoms. The van der Waals surface area contributed by atoms with Gasteiger partial charge < -0.3 is 10.6 Å². The first-order valence-electron chi connectivity index (χ1n) is 7.87. The van der Waals surface area contributed by atoms with Gasteiger partial charge in [0.15, 0.2) is 0 Å². The van der Waals surface area contributed by atoms with Gasteiger partial charge in [-0.1, -0.05) is 53.5 Å². The third-order valence-corrected chi connectivity index (χ3v) is 4.33. The van der Waals surface area contributed by atoms with Crippen molar-refractivity contribution in [3.8, 4) is 0 Å². The van der Waals surface area contributed by atoms with Crippen molar-refractivity contribution in [3.63, 3.8) is 0 Å². The second-order valence-electron chi connectivity index (χ2n) is 5.61. The maximum absolute atomic E-state index is 13.2. The van der Waals surface area contributed by atoms with Crippen LogP contribution in [0.15, 0.2) is 66.7 Å². The maximum Gasteiger partial charge on any atom is 0.228 e. The van der Waals surface area contributed by atoms with Gasteiger partial charge in [0.1, 0.15) is 5.82 Å². The van der Waals surface area contributed by atoms with E-state index in [1.165, 1.54) is 12.1 Å². The molecule has 0 aromatic heterocycles. The van der Waals surface area contributed by atoms with Crippen molar-refractivity contribution in [3.05, 3.63) is 88.2 Å².